The highest BCUT2D eigenvalue weighted by Crippen LogP contribution is 2.12. The fraction of sp³-hybridized carbons (Fsp3) is 0.818. The summed E-state index contributed by atoms with van der Waals surface area (Å²) in [5.41, 5.74) is 0. The van der Waals surface area contributed by atoms with Crippen LogP contribution in [0.15, 0.2) is 0 Å². The summed E-state index contributed by atoms with van der Waals surface area (Å²) in [6.07, 6.45) is 1.52. The van der Waals surface area contributed by atoms with Crippen LogP contribution in [0.3, 0.4) is 0 Å². The van der Waals surface area contributed by atoms with Gasteiger partial charge in [-0.15, -0.1) is 0 Å². The van der Waals surface area contributed by atoms with Crippen LogP contribution in [-0.2, 0) is 9.53 Å². The second-order valence-electron chi connectivity index (χ2n) is 4.23. The van der Waals surface area contributed by atoms with Crippen LogP contribution in [0, 0.1) is 5.92 Å². The molecule has 0 radical (unpaired) electrons. The maximum absolute atomic E-state index is 11.4. The van der Waals surface area contributed by atoms with Gasteiger partial charge in [-0.1, -0.05) is 0 Å². The Morgan fingerprint density at radius 3 is 2.88 bits per heavy atom. The maximum atomic E-state index is 11.4. The number of ether oxygens (including phenoxy) is 1. The molecule has 3 N–H and O–H groups in total. The number of nitrogens with one attached hydrogen (secondary N) is 3. The Morgan fingerprint density at radius 1 is 1.53 bits per heavy atom. The number of urea groups is 1. The zero-order valence-electron chi connectivity index (χ0n) is 10.4. The van der Waals surface area contributed by atoms with Crippen molar-refractivity contribution in [2.75, 3.05) is 26.7 Å². The molecule has 6 nitrogen and oxygen atoms in total. The average molecular weight is 243 g/mol. The largest absolute Gasteiger partial charge is 0.369 e. The molecule has 0 spiro atoms. The van der Waals surface area contributed by atoms with E-state index >= 15 is 0 Å². The van der Waals surface area contributed by atoms with E-state index in [1.54, 1.807) is 6.92 Å². The third-order valence-electron chi connectivity index (χ3n) is 2.89. The first-order valence-electron chi connectivity index (χ1n) is 5.98. The van der Waals surface area contributed by atoms with Crippen molar-refractivity contribution in [2.45, 2.75) is 25.9 Å². The molecular formula is C11H21N3O3. The van der Waals surface area contributed by atoms with Crippen molar-refractivity contribution in [1.82, 2.24) is 16.0 Å². The number of imide groups is 1. The van der Waals surface area contributed by atoms with Gasteiger partial charge in [-0.3, -0.25) is 10.1 Å². The molecule has 0 aromatic rings. The van der Waals surface area contributed by atoms with Gasteiger partial charge < -0.3 is 15.4 Å². The van der Waals surface area contributed by atoms with Gasteiger partial charge in [-0.05, 0) is 38.8 Å². The summed E-state index contributed by atoms with van der Waals surface area (Å²) < 4.78 is 5.39. The van der Waals surface area contributed by atoms with Crippen LogP contribution < -0.4 is 16.0 Å². The lowest BCUT2D eigenvalue weighted by molar-refractivity contribution is -0.130. The molecule has 1 heterocycles. The van der Waals surface area contributed by atoms with E-state index in [0.29, 0.717) is 12.5 Å². The molecule has 1 fully saturated rings. The molecule has 0 aliphatic carbocycles. The second kappa shape index (κ2) is 7.24. The van der Waals surface area contributed by atoms with Crippen molar-refractivity contribution >= 4 is 11.9 Å². The Balaban J connectivity index is 2.12. The predicted octanol–water partition coefficient (Wildman–Crippen LogP) is -0.153. The Bertz CT molecular complexity index is 265. The fourth-order valence-corrected chi connectivity index (χ4v) is 1.72. The molecule has 1 aliphatic rings. The second-order valence-corrected chi connectivity index (χ2v) is 4.23. The first-order valence-corrected chi connectivity index (χ1v) is 5.98. The predicted molar refractivity (Wildman–Crippen MR) is 63.6 cm³/mol. The van der Waals surface area contributed by atoms with E-state index in [-0.39, 0.29) is 0 Å². The number of hydrogen-bond donors (Lipinski definition) is 3. The van der Waals surface area contributed by atoms with Gasteiger partial charge >= 0.3 is 6.03 Å². The molecule has 1 rings (SSSR count). The summed E-state index contributed by atoms with van der Waals surface area (Å²) >= 11 is 0. The summed E-state index contributed by atoms with van der Waals surface area (Å²) in [5, 5.41) is 7.78. The van der Waals surface area contributed by atoms with Gasteiger partial charge in [-0.25, -0.2) is 4.79 Å². The van der Waals surface area contributed by atoms with Crippen molar-refractivity contribution in [3.05, 3.63) is 0 Å². The van der Waals surface area contributed by atoms with Crippen LogP contribution >= 0.6 is 0 Å². The molecule has 0 bridgehead atoms. The van der Waals surface area contributed by atoms with Gasteiger partial charge in [0.1, 0.15) is 6.10 Å². The molecule has 17 heavy (non-hydrogen) atoms. The number of amides is 3. The Kier molecular flexibility index (Phi) is 5.93. The van der Waals surface area contributed by atoms with Crippen LogP contribution in [-0.4, -0.2) is 44.8 Å². The topological polar surface area (TPSA) is 79.5 Å². The van der Waals surface area contributed by atoms with Crippen LogP contribution in [0.1, 0.15) is 19.8 Å². The first-order chi connectivity index (χ1) is 8.13. The highest BCUT2D eigenvalue weighted by Gasteiger charge is 2.18. The molecule has 0 aromatic heterocycles. The van der Waals surface area contributed by atoms with Crippen LogP contribution in [0.5, 0.6) is 0 Å². The normalized spacial score (nSPS) is 20.9. The van der Waals surface area contributed by atoms with Crippen molar-refractivity contribution in [2.24, 2.45) is 5.92 Å². The lowest BCUT2D eigenvalue weighted by Crippen LogP contribution is -2.43. The Morgan fingerprint density at radius 2 is 2.29 bits per heavy atom. The van der Waals surface area contributed by atoms with E-state index in [4.69, 9.17) is 4.74 Å². The molecule has 0 saturated carbocycles. The third kappa shape index (κ3) is 5.14. The van der Waals surface area contributed by atoms with Crippen molar-refractivity contribution in [3.8, 4) is 0 Å². The van der Waals surface area contributed by atoms with Crippen molar-refractivity contribution < 1.29 is 14.3 Å². The standard InChI is InChI=1S/C11H21N3O3/c1-8(10(15)14-11(16)12-2)17-6-4-9-3-5-13-7-9/h8-9,13H,3-7H2,1-2H3,(H2,12,14,15,16). The minimum atomic E-state index is -0.596. The molecule has 1 aliphatic heterocycles. The van der Waals surface area contributed by atoms with E-state index in [1.807, 2.05) is 0 Å². The van der Waals surface area contributed by atoms with Gasteiger partial charge in [-0.2, -0.15) is 0 Å². The van der Waals surface area contributed by atoms with Gasteiger partial charge in [0.25, 0.3) is 5.91 Å². The molecular weight excluding hydrogens is 222 g/mol. The zero-order valence-corrected chi connectivity index (χ0v) is 10.4. The van der Waals surface area contributed by atoms with Crippen LogP contribution in [0.25, 0.3) is 0 Å². The summed E-state index contributed by atoms with van der Waals surface area (Å²) in [6, 6.07) is -0.509. The van der Waals surface area contributed by atoms with E-state index in [0.717, 1.165) is 19.5 Å². The molecule has 3 amide bonds. The zero-order chi connectivity index (χ0) is 12.7. The number of carbonyl (C=O) groups excluding carboxylic acids is 2. The lowest BCUT2D eigenvalue weighted by atomic mass is 10.1. The summed E-state index contributed by atoms with van der Waals surface area (Å²) in [5.74, 6) is 0.234. The Labute approximate surface area is 101 Å². The van der Waals surface area contributed by atoms with Crippen molar-refractivity contribution in [1.29, 1.82) is 0 Å². The van der Waals surface area contributed by atoms with E-state index in [2.05, 4.69) is 16.0 Å². The van der Waals surface area contributed by atoms with E-state index in [1.165, 1.54) is 13.5 Å². The van der Waals surface area contributed by atoms with Gasteiger partial charge in [0.05, 0.1) is 0 Å². The molecule has 2 unspecified atom stereocenters. The number of rotatable bonds is 5. The van der Waals surface area contributed by atoms with Gasteiger partial charge in [0, 0.05) is 13.7 Å². The minimum Gasteiger partial charge on any atom is -0.369 e. The first kappa shape index (κ1) is 13.9. The molecule has 0 aromatic carbocycles. The van der Waals surface area contributed by atoms with E-state index in [9.17, 15) is 9.59 Å². The maximum Gasteiger partial charge on any atom is 0.321 e. The quantitative estimate of drug-likeness (QED) is 0.627. The molecule has 98 valence electrons. The average Bonchev–Trinajstić information content (AvgIpc) is 2.81. The fourth-order valence-electron chi connectivity index (χ4n) is 1.72. The lowest BCUT2D eigenvalue weighted by Gasteiger charge is -2.14. The van der Waals surface area contributed by atoms with Crippen LogP contribution in [0.4, 0.5) is 4.79 Å². The molecule has 1 saturated heterocycles. The monoisotopic (exact) mass is 243 g/mol. The van der Waals surface area contributed by atoms with Crippen molar-refractivity contribution in [3.63, 3.8) is 0 Å². The van der Waals surface area contributed by atoms with E-state index < -0.39 is 18.0 Å². The summed E-state index contributed by atoms with van der Waals surface area (Å²) in [6.45, 7) is 4.29. The van der Waals surface area contributed by atoms with Gasteiger partial charge in [0.15, 0.2) is 0 Å². The summed E-state index contributed by atoms with van der Waals surface area (Å²) in [4.78, 5) is 22.3. The molecule has 6 heteroatoms. The SMILES string of the molecule is CNC(=O)NC(=O)C(C)OCCC1CCNC1. The third-order valence-corrected chi connectivity index (χ3v) is 2.89. The molecule has 2 atom stereocenters. The Hall–Kier alpha value is -1.14. The minimum absolute atomic E-state index is 0.408. The smallest absolute Gasteiger partial charge is 0.321 e. The highest BCUT2D eigenvalue weighted by atomic mass is 16.5. The van der Waals surface area contributed by atoms with Gasteiger partial charge in [0.2, 0.25) is 0 Å². The number of carbonyl (C=O) groups is 2. The number of hydrogen-bond acceptors (Lipinski definition) is 4. The van der Waals surface area contributed by atoms with Crippen LogP contribution in [0.2, 0.25) is 0 Å². The summed E-state index contributed by atoms with van der Waals surface area (Å²) in [7, 11) is 1.46. The highest BCUT2D eigenvalue weighted by molar-refractivity contribution is 5.96.